The number of methoxy groups -OCH3 is 1. The molecule has 4 nitrogen and oxygen atoms in total. The van der Waals surface area contributed by atoms with Gasteiger partial charge in [0.05, 0.1) is 30.2 Å². The zero-order valence-electron chi connectivity index (χ0n) is 18.2. The predicted molar refractivity (Wildman–Crippen MR) is 130 cm³/mol. The highest BCUT2D eigenvalue weighted by Gasteiger charge is 2.20. The molecule has 0 aliphatic rings. The lowest BCUT2D eigenvalue weighted by atomic mass is 10.0. The Morgan fingerprint density at radius 2 is 1.48 bits per heavy atom. The summed E-state index contributed by atoms with van der Waals surface area (Å²) in [4.78, 5) is 0. The largest absolute Gasteiger partial charge is 0.383 e. The van der Waals surface area contributed by atoms with Gasteiger partial charge in [-0.1, -0.05) is 75.6 Å². The predicted octanol–water partition coefficient (Wildman–Crippen LogP) is 5.78. The van der Waals surface area contributed by atoms with Gasteiger partial charge in [0.1, 0.15) is 0 Å². The lowest BCUT2D eigenvalue weighted by Gasteiger charge is -2.19. The van der Waals surface area contributed by atoms with Crippen LogP contribution < -0.4 is 5.62 Å². The quantitative estimate of drug-likeness (QED) is 0.360. The minimum atomic E-state index is 0.0307. The van der Waals surface area contributed by atoms with Gasteiger partial charge in [-0.05, 0) is 49.6 Å². The lowest BCUT2D eigenvalue weighted by molar-refractivity contribution is 0.154. The van der Waals surface area contributed by atoms with Crippen LogP contribution in [0.15, 0.2) is 71.2 Å². The van der Waals surface area contributed by atoms with E-state index >= 15 is 0 Å². The molecule has 0 saturated heterocycles. The summed E-state index contributed by atoms with van der Waals surface area (Å²) in [6, 6.07) is 23.4. The van der Waals surface area contributed by atoms with E-state index in [-0.39, 0.29) is 6.04 Å². The molecule has 160 valence electrons. The zero-order valence-corrected chi connectivity index (χ0v) is 19.8. The molecule has 1 N–H and O–H groups in total. The number of benzene rings is 3. The number of aromatic nitrogens is 2. The maximum Gasteiger partial charge on any atom is 0.203 e. The van der Waals surface area contributed by atoms with Crippen molar-refractivity contribution in [2.45, 2.75) is 32.9 Å². The number of ether oxygens (including phenoxy) is 1. The van der Waals surface area contributed by atoms with Crippen molar-refractivity contribution in [2.75, 3.05) is 13.7 Å². The molecule has 3 aromatic carbocycles. The van der Waals surface area contributed by atoms with Crippen molar-refractivity contribution in [3.05, 3.63) is 99.1 Å². The van der Waals surface area contributed by atoms with Crippen LogP contribution >= 0.6 is 15.9 Å². The SMILES string of the molecule is COCC(Cc1ccc(C)cc1)n1c(=N)n(Cc2ccc(C)cc2)c2cc(Br)ccc21. The van der Waals surface area contributed by atoms with Gasteiger partial charge in [-0.3, -0.25) is 5.41 Å². The number of rotatable bonds is 7. The summed E-state index contributed by atoms with van der Waals surface area (Å²) in [6.07, 6.45) is 0.810. The molecule has 4 aromatic rings. The van der Waals surface area contributed by atoms with E-state index in [4.69, 9.17) is 10.1 Å². The van der Waals surface area contributed by atoms with E-state index in [1.165, 1.54) is 22.3 Å². The van der Waals surface area contributed by atoms with Gasteiger partial charge >= 0.3 is 0 Å². The van der Waals surface area contributed by atoms with Gasteiger partial charge in [0.15, 0.2) is 0 Å². The van der Waals surface area contributed by atoms with Crippen molar-refractivity contribution < 1.29 is 4.74 Å². The van der Waals surface area contributed by atoms with Gasteiger partial charge in [0.25, 0.3) is 0 Å². The molecule has 0 aliphatic carbocycles. The van der Waals surface area contributed by atoms with Gasteiger partial charge < -0.3 is 13.9 Å². The molecule has 0 aliphatic heterocycles. The zero-order chi connectivity index (χ0) is 22.0. The van der Waals surface area contributed by atoms with E-state index in [2.05, 4.69) is 99.6 Å². The van der Waals surface area contributed by atoms with Crippen LogP contribution in [0.4, 0.5) is 0 Å². The maximum atomic E-state index is 9.10. The van der Waals surface area contributed by atoms with Crippen LogP contribution in [0.2, 0.25) is 0 Å². The van der Waals surface area contributed by atoms with Crippen LogP contribution in [0.5, 0.6) is 0 Å². The summed E-state index contributed by atoms with van der Waals surface area (Å²) in [5.41, 5.74) is 7.51. The van der Waals surface area contributed by atoms with Crippen LogP contribution in [-0.2, 0) is 17.7 Å². The molecule has 0 spiro atoms. The van der Waals surface area contributed by atoms with Gasteiger partial charge in [-0.2, -0.15) is 0 Å². The maximum absolute atomic E-state index is 9.10. The highest BCUT2D eigenvalue weighted by Crippen LogP contribution is 2.25. The molecule has 0 amide bonds. The summed E-state index contributed by atoms with van der Waals surface area (Å²) in [6.45, 7) is 5.40. The van der Waals surface area contributed by atoms with E-state index in [1.807, 2.05) is 6.07 Å². The number of hydrogen-bond donors (Lipinski definition) is 1. The van der Waals surface area contributed by atoms with E-state index < -0.39 is 0 Å². The van der Waals surface area contributed by atoms with Gasteiger partial charge in [-0.15, -0.1) is 0 Å². The third-order valence-electron chi connectivity index (χ3n) is 5.75. The second kappa shape index (κ2) is 9.25. The summed E-state index contributed by atoms with van der Waals surface area (Å²) < 4.78 is 10.8. The first-order valence-electron chi connectivity index (χ1n) is 10.5. The summed E-state index contributed by atoms with van der Waals surface area (Å²) in [5, 5.41) is 9.10. The Kier molecular flexibility index (Phi) is 6.44. The van der Waals surface area contributed by atoms with Crippen LogP contribution in [0.1, 0.15) is 28.3 Å². The molecule has 5 heteroatoms. The number of nitrogens with zero attached hydrogens (tertiary/aromatic N) is 2. The van der Waals surface area contributed by atoms with Gasteiger partial charge in [0, 0.05) is 11.6 Å². The van der Waals surface area contributed by atoms with Crippen molar-refractivity contribution in [3.8, 4) is 0 Å². The fourth-order valence-electron chi connectivity index (χ4n) is 4.09. The number of halogens is 1. The summed E-state index contributed by atoms with van der Waals surface area (Å²) in [7, 11) is 1.73. The monoisotopic (exact) mass is 477 g/mol. The van der Waals surface area contributed by atoms with Gasteiger partial charge in [0.2, 0.25) is 5.62 Å². The number of hydrogen-bond acceptors (Lipinski definition) is 2. The molecule has 1 unspecified atom stereocenters. The Bertz CT molecular complexity index is 1240. The van der Waals surface area contributed by atoms with Gasteiger partial charge in [-0.25, -0.2) is 0 Å². The second-order valence-corrected chi connectivity index (χ2v) is 9.11. The molecule has 31 heavy (non-hydrogen) atoms. The van der Waals surface area contributed by atoms with E-state index in [0.29, 0.717) is 18.8 Å². The number of imidazole rings is 1. The third kappa shape index (κ3) is 4.68. The average molecular weight is 478 g/mol. The topological polar surface area (TPSA) is 42.9 Å². The Morgan fingerprint density at radius 3 is 2.10 bits per heavy atom. The van der Waals surface area contributed by atoms with Crippen molar-refractivity contribution >= 4 is 27.0 Å². The van der Waals surface area contributed by atoms with Crippen LogP contribution in [-0.4, -0.2) is 22.9 Å². The molecule has 0 saturated carbocycles. The van der Waals surface area contributed by atoms with Crippen molar-refractivity contribution in [2.24, 2.45) is 0 Å². The molecule has 0 bridgehead atoms. The Hall–Kier alpha value is -2.63. The smallest absolute Gasteiger partial charge is 0.203 e. The Morgan fingerprint density at radius 1 is 0.871 bits per heavy atom. The summed E-state index contributed by atoms with van der Waals surface area (Å²) in [5.74, 6) is 0. The van der Waals surface area contributed by atoms with E-state index in [9.17, 15) is 0 Å². The lowest BCUT2D eigenvalue weighted by Crippen LogP contribution is -2.31. The standard InChI is InChI=1S/C26H28BrN3O/c1-18-4-8-20(9-5-18)14-23(17-31-3)30-24-13-12-22(27)15-25(24)29(26(30)28)16-21-10-6-19(2)7-11-21/h4-13,15,23,28H,14,16-17H2,1-3H3. The first-order chi connectivity index (χ1) is 15.0. The van der Waals surface area contributed by atoms with Crippen molar-refractivity contribution in [1.82, 2.24) is 9.13 Å². The molecular formula is C26H28BrN3O. The fraction of sp³-hybridized carbons (Fsp3) is 0.269. The normalized spacial score (nSPS) is 12.4. The van der Waals surface area contributed by atoms with Crippen molar-refractivity contribution in [1.29, 1.82) is 5.41 Å². The van der Waals surface area contributed by atoms with Crippen molar-refractivity contribution in [3.63, 3.8) is 0 Å². The fourth-order valence-corrected chi connectivity index (χ4v) is 4.44. The van der Waals surface area contributed by atoms with E-state index in [1.54, 1.807) is 7.11 Å². The molecule has 4 rings (SSSR count). The summed E-state index contributed by atoms with van der Waals surface area (Å²) >= 11 is 3.62. The molecule has 0 fully saturated rings. The Labute approximate surface area is 191 Å². The molecule has 0 radical (unpaired) electrons. The molecular weight excluding hydrogens is 450 g/mol. The second-order valence-electron chi connectivity index (χ2n) is 8.20. The number of fused-ring (bicyclic) bond motifs is 1. The minimum absolute atomic E-state index is 0.0307. The highest BCUT2D eigenvalue weighted by atomic mass is 79.9. The first kappa shape index (κ1) is 21.6. The first-order valence-corrected chi connectivity index (χ1v) is 11.3. The number of aryl methyl sites for hydroxylation is 2. The molecule has 1 heterocycles. The minimum Gasteiger partial charge on any atom is -0.383 e. The Balaban J connectivity index is 1.81. The number of nitrogens with one attached hydrogen (secondary N) is 1. The van der Waals surface area contributed by atoms with E-state index in [0.717, 1.165) is 21.9 Å². The highest BCUT2D eigenvalue weighted by molar-refractivity contribution is 9.10. The third-order valence-corrected chi connectivity index (χ3v) is 6.24. The van der Waals surface area contributed by atoms with Crippen LogP contribution in [0.3, 0.4) is 0 Å². The molecule has 1 atom stereocenters. The van der Waals surface area contributed by atoms with Crippen LogP contribution in [0.25, 0.3) is 11.0 Å². The molecule has 1 aromatic heterocycles. The van der Waals surface area contributed by atoms with Crippen LogP contribution in [0, 0.1) is 19.3 Å². The average Bonchev–Trinajstić information content (AvgIpc) is 3.02.